The maximum Gasteiger partial charge on any atom is 0.228 e. The van der Waals surface area contributed by atoms with Crippen molar-refractivity contribution in [2.75, 3.05) is 10.6 Å². The van der Waals surface area contributed by atoms with Crippen LogP contribution in [0.4, 0.5) is 11.4 Å². The van der Waals surface area contributed by atoms with Gasteiger partial charge in [-0.3, -0.25) is 14.6 Å². The molecule has 2 bridgehead atoms. The van der Waals surface area contributed by atoms with Crippen LogP contribution in [-0.4, -0.2) is 16.8 Å². The minimum atomic E-state index is -0.0390. The second-order valence-electron chi connectivity index (χ2n) is 8.14. The first kappa shape index (κ1) is 16.5. The highest BCUT2D eigenvalue weighted by Crippen LogP contribution is 2.64. The Morgan fingerprint density at radius 1 is 1.26 bits per heavy atom. The van der Waals surface area contributed by atoms with E-state index < -0.39 is 0 Å². The number of benzene rings is 1. The Labute approximate surface area is 158 Å². The molecule has 1 aliphatic heterocycles. The molecule has 138 valence electrons. The van der Waals surface area contributed by atoms with E-state index in [1.165, 1.54) is 5.56 Å². The van der Waals surface area contributed by atoms with E-state index in [0.717, 1.165) is 49.0 Å². The van der Waals surface area contributed by atoms with Crippen molar-refractivity contribution in [3.8, 4) is 0 Å². The summed E-state index contributed by atoms with van der Waals surface area (Å²) in [6, 6.07) is 9.88. The van der Waals surface area contributed by atoms with E-state index in [2.05, 4.69) is 21.7 Å². The van der Waals surface area contributed by atoms with Gasteiger partial charge in [0.15, 0.2) is 0 Å². The molecule has 3 saturated carbocycles. The molecule has 5 heteroatoms. The van der Waals surface area contributed by atoms with Crippen LogP contribution in [0.5, 0.6) is 0 Å². The maximum atomic E-state index is 13.1. The molecule has 2 amide bonds. The van der Waals surface area contributed by atoms with E-state index in [4.69, 9.17) is 0 Å². The number of hydrogen-bond acceptors (Lipinski definition) is 3. The van der Waals surface area contributed by atoms with Crippen molar-refractivity contribution in [2.24, 2.45) is 11.8 Å². The third-order valence-electron chi connectivity index (χ3n) is 6.67. The molecular formula is C22H23N3O2. The molecule has 6 rings (SSSR count). The number of aryl methyl sites for hydroxylation is 1. The molecular weight excluding hydrogens is 338 g/mol. The molecule has 1 aromatic carbocycles. The van der Waals surface area contributed by atoms with Crippen LogP contribution in [0, 0.1) is 11.8 Å². The predicted octanol–water partition coefficient (Wildman–Crippen LogP) is 3.66. The van der Waals surface area contributed by atoms with Gasteiger partial charge in [0.05, 0.1) is 5.92 Å². The summed E-state index contributed by atoms with van der Waals surface area (Å²) in [5.41, 5.74) is 3.94. The summed E-state index contributed by atoms with van der Waals surface area (Å²) in [5, 5.41) is 6.09. The Bertz CT molecular complexity index is 907. The average Bonchev–Trinajstić information content (AvgIpc) is 3.20. The van der Waals surface area contributed by atoms with E-state index in [9.17, 15) is 9.59 Å². The lowest BCUT2D eigenvalue weighted by atomic mass is 9.57. The van der Waals surface area contributed by atoms with Crippen LogP contribution in [0.15, 0.2) is 42.7 Å². The number of hydrogen-bond donors (Lipinski definition) is 2. The number of anilines is 2. The lowest BCUT2D eigenvalue weighted by Gasteiger charge is -2.46. The zero-order valence-corrected chi connectivity index (χ0v) is 15.2. The van der Waals surface area contributed by atoms with Crippen LogP contribution >= 0.6 is 0 Å². The number of aromatic nitrogens is 1. The van der Waals surface area contributed by atoms with Crippen molar-refractivity contribution < 1.29 is 9.59 Å². The Hall–Kier alpha value is -2.69. The molecule has 4 aliphatic rings. The smallest absolute Gasteiger partial charge is 0.228 e. The van der Waals surface area contributed by atoms with Gasteiger partial charge in [-0.05, 0) is 73.4 Å². The lowest BCUT2D eigenvalue weighted by Crippen LogP contribution is -2.50. The van der Waals surface area contributed by atoms with Gasteiger partial charge in [-0.2, -0.15) is 0 Å². The van der Waals surface area contributed by atoms with Crippen molar-refractivity contribution in [1.82, 2.24) is 4.98 Å². The standard InChI is InChI=1S/C22H23N3O2/c26-19-5-1-3-14-11-17(6-7-18(14)25-19)24-21(27)20-15-8-9-22(20,12-15)16-4-2-10-23-13-16/h2,4,6-7,10-11,13,15,20H,1,3,5,8-9,12H2,(H,24,27)(H,25,26). The van der Waals surface area contributed by atoms with E-state index in [1.807, 2.05) is 30.5 Å². The Morgan fingerprint density at radius 2 is 2.19 bits per heavy atom. The predicted molar refractivity (Wildman–Crippen MR) is 103 cm³/mol. The van der Waals surface area contributed by atoms with E-state index >= 15 is 0 Å². The van der Waals surface area contributed by atoms with Gasteiger partial charge in [-0.25, -0.2) is 0 Å². The normalized spacial score (nSPS) is 28.5. The molecule has 3 unspecified atom stereocenters. The molecule has 2 aromatic rings. The van der Waals surface area contributed by atoms with Crippen molar-refractivity contribution in [3.63, 3.8) is 0 Å². The molecule has 3 aliphatic carbocycles. The zero-order valence-electron chi connectivity index (χ0n) is 15.2. The van der Waals surface area contributed by atoms with Crippen LogP contribution < -0.4 is 10.6 Å². The fourth-order valence-electron chi connectivity index (χ4n) is 5.41. The summed E-state index contributed by atoms with van der Waals surface area (Å²) >= 11 is 0. The summed E-state index contributed by atoms with van der Waals surface area (Å²) in [7, 11) is 0. The molecule has 3 atom stereocenters. The van der Waals surface area contributed by atoms with Crippen LogP contribution in [0.25, 0.3) is 0 Å². The first-order valence-electron chi connectivity index (χ1n) is 9.80. The van der Waals surface area contributed by atoms with Crippen LogP contribution in [0.3, 0.4) is 0 Å². The largest absolute Gasteiger partial charge is 0.326 e. The second-order valence-corrected chi connectivity index (χ2v) is 8.14. The lowest BCUT2D eigenvalue weighted by molar-refractivity contribution is -0.127. The fourth-order valence-corrected chi connectivity index (χ4v) is 5.41. The molecule has 3 fully saturated rings. The van der Waals surface area contributed by atoms with E-state index in [1.54, 1.807) is 6.20 Å². The molecule has 1 aromatic heterocycles. The first-order valence-corrected chi connectivity index (χ1v) is 9.80. The van der Waals surface area contributed by atoms with Crippen LogP contribution in [-0.2, 0) is 21.4 Å². The quantitative estimate of drug-likeness (QED) is 0.876. The topological polar surface area (TPSA) is 71.1 Å². The maximum absolute atomic E-state index is 13.1. The van der Waals surface area contributed by atoms with Gasteiger partial charge in [0.25, 0.3) is 0 Å². The van der Waals surface area contributed by atoms with E-state index in [0.29, 0.717) is 12.3 Å². The summed E-state index contributed by atoms with van der Waals surface area (Å²) < 4.78 is 0. The first-order chi connectivity index (χ1) is 13.2. The van der Waals surface area contributed by atoms with Gasteiger partial charge in [0.1, 0.15) is 0 Å². The summed E-state index contributed by atoms with van der Waals surface area (Å²) in [6.07, 6.45) is 9.22. The number of carbonyl (C=O) groups is 2. The number of rotatable bonds is 3. The summed E-state index contributed by atoms with van der Waals surface area (Å²) in [5.74, 6) is 0.686. The number of amides is 2. The molecule has 0 spiro atoms. The highest BCUT2D eigenvalue weighted by atomic mass is 16.2. The molecule has 27 heavy (non-hydrogen) atoms. The van der Waals surface area contributed by atoms with Gasteiger partial charge in [0.2, 0.25) is 11.8 Å². The number of fused-ring (bicyclic) bond motifs is 2. The fraction of sp³-hybridized carbons (Fsp3) is 0.409. The van der Waals surface area contributed by atoms with Gasteiger partial charge in [-0.15, -0.1) is 0 Å². The monoisotopic (exact) mass is 361 g/mol. The summed E-state index contributed by atoms with van der Waals surface area (Å²) in [4.78, 5) is 29.1. The van der Waals surface area contributed by atoms with Crippen molar-refractivity contribution in [2.45, 2.75) is 43.9 Å². The van der Waals surface area contributed by atoms with Crippen LogP contribution in [0.2, 0.25) is 0 Å². The molecule has 0 radical (unpaired) electrons. The van der Waals surface area contributed by atoms with Crippen molar-refractivity contribution in [3.05, 3.63) is 53.9 Å². The molecule has 2 heterocycles. The zero-order chi connectivity index (χ0) is 18.4. The average molecular weight is 361 g/mol. The Kier molecular flexibility index (Phi) is 3.78. The van der Waals surface area contributed by atoms with E-state index in [-0.39, 0.29) is 23.1 Å². The Morgan fingerprint density at radius 3 is 3.00 bits per heavy atom. The van der Waals surface area contributed by atoms with Crippen LogP contribution in [0.1, 0.15) is 43.2 Å². The number of nitrogens with one attached hydrogen (secondary N) is 2. The van der Waals surface area contributed by atoms with Gasteiger partial charge >= 0.3 is 0 Å². The van der Waals surface area contributed by atoms with Crippen molar-refractivity contribution in [1.29, 1.82) is 0 Å². The third kappa shape index (κ3) is 2.64. The third-order valence-corrected chi connectivity index (χ3v) is 6.67. The highest BCUT2D eigenvalue weighted by molar-refractivity contribution is 5.96. The number of nitrogens with zero attached hydrogens (tertiary/aromatic N) is 1. The van der Waals surface area contributed by atoms with Gasteiger partial charge in [-0.1, -0.05) is 6.07 Å². The summed E-state index contributed by atoms with van der Waals surface area (Å²) in [6.45, 7) is 0. The Balaban J connectivity index is 1.37. The minimum absolute atomic E-state index is 0.0280. The van der Waals surface area contributed by atoms with Gasteiger partial charge < -0.3 is 10.6 Å². The minimum Gasteiger partial charge on any atom is -0.326 e. The van der Waals surface area contributed by atoms with Crippen molar-refractivity contribution >= 4 is 23.2 Å². The highest BCUT2D eigenvalue weighted by Gasteiger charge is 2.62. The molecule has 5 nitrogen and oxygen atoms in total. The van der Waals surface area contributed by atoms with Gasteiger partial charge in [0, 0.05) is 35.6 Å². The SMILES string of the molecule is O=C1CCCc2cc(NC(=O)C3C4CCC3(c3cccnc3)C4)ccc2N1. The molecule has 0 saturated heterocycles. The number of pyridine rings is 1. The number of carbonyl (C=O) groups excluding carboxylic acids is 2. The second kappa shape index (κ2) is 6.19. The molecule has 2 N–H and O–H groups in total.